The number of dihydropyridines is 1. The van der Waals surface area contributed by atoms with Crippen LogP contribution < -0.4 is 0 Å². The van der Waals surface area contributed by atoms with Crippen molar-refractivity contribution in [3.8, 4) is 5.75 Å². The number of aliphatic carboxylic acids is 1. The number of phenols is 1. The molecule has 3 N–H and O–H groups in total. The summed E-state index contributed by atoms with van der Waals surface area (Å²) in [6, 6.07) is 2.73. The van der Waals surface area contributed by atoms with Crippen molar-refractivity contribution in [3.05, 3.63) is 41.0 Å². The molecular weight excluding hydrogens is 328 g/mol. The van der Waals surface area contributed by atoms with Crippen LogP contribution in [0.25, 0.3) is 0 Å². The van der Waals surface area contributed by atoms with Gasteiger partial charge in [-0.1, -0.05) is 53.7 Å². The van der Waals surface area contributed by atoms with E-state index in [1.54, 1.807) is 24.3 Å². The van der Waals surface area contributed by atoms with E-state index in [1.165, 1.54) is 6.21 Å². The van der Waals surface area contributed by atoms with Gasteiger partial charge in [0.25, 0.3) is 0 Å². The van der Waals surface area contributed by atoms with Crippen LogP contribution in [0, 0.1) is 5.41 Å². The van der Waals surface area contributed by atoms with Crippen molar-refractivity contribution in [1.82, 2.24) is 0 Å². The third-order valence-corrected chi connectivity index (χ3v) is 4.62. The monoisotopic (exact) mass is 356 g/mol. The Balaban J connectivity index is 2.73. The second-order valence-electron chi connectivity index (χ2n) is 8.84. The number of phenolic OH excluding ortho intramolecular Hbond substituents is 1. The summed E-state index contributed by atoms with van der Waals surface area (Å²) in [5.41, 5.74) is 1.43. The summed E-state index contributed by atoms with van der Waals surface area (Å²) in [6.07, 6.45) is 4.74. The average molecular weight is 356 g/mol. The van der Waals surface area contributed by atoms with E-state index < -0.39 is 17.9 Å². The van der Waals surface area contributed by atoms with Gasteiger partial charge in [0.05, 0.1) is 5.71 Å². The zero-order chi connectivity index (χ0) is 19.9. The number of hydrogen-bond donors (Lipinski definition) is 3. The summed E-state index contributed by atoms with van der Waals surface area (Å²) >= 11 is 0. The van der Waals surface area contributed by atoms with Crippen LogP contribution >= 0.6 is 0 Å². The first-order valence-corrected chi connectivity index (χ1v) is 8.73. The van der Waals surface area contributed by atoms with Crippen molar-refractivity contribution in [2.45, 2.75) is 64.3 Å². The van der Waals surface area contributed by atoms with Crippen LogP contribution in [0.3, 0.4) is 0 Å². The highest BCUT2D eigenvalue weighted by Crippen LogP contribution is 2.42. The molecule has 5 nitrogen and oxygen atoms in total. The van der Waals surface area contributed by atoms with Gasteiger partial charge in [-0.3, -0.25) is 9.79 Å². The molecule has 0 radical (unpaired) electrons. The Labute approximate surface area is 155 Å². The zero-order valence-electron chi connectivity index (χ0n) is 16.3. The standard InChI is InChI=1S/C21H28N2O3/c1-20(2,3)13-10-12(11-14(18(13)24)21(4,5)6)16(19(25)26)17-15(22)8-7-9-23-17/h7-11,16-17,22,24H,1-6H3,(H,25,26). The summed E-state index contributed by atoms with van der Waals surface area (Å²) in [4.78, 5) is 16.3. The second kappa shape index (κ2) is 6.71. The van der Waals surface area contributed by atoms with E-state index in [2.05, 4.69) is 4.99 Å². The molecule has 2 rings (SSSR count). The molecule has 0 saturated heterocycles. The van der Waals surface area contributed by atoms with E-state index in [0.717, 1.165) is 0 Å². The molecule has 0 spiro atoms. The number of aromatic hydroxyl groups is 1. The number of aliphatic imine (C=N–C) groups is 1. The minimum Gasteiger partial charge on any atom is -0.507 e. The molecule has 0 amide bonds. The predicted molar refractivity (Wildman–Crippen MR) is 105 cm³/mol. The quantitative estimate of drug-likeness (QED) is 0.758. The van der Waals surface area contributed by atoms with E-state index in [9.17, 15) is 15.0 Å². The summed E-state index contributed by atoms with van der Waals surface area (Å²) in [6.45, 7) is 11.9. The normalized spacial score (nSPS) is 18.8. The molecule has 0 aliphatic carbocycles. The Kier molecular flexibility index (Phi) is 5.13. The van der Waals surface area contributed by atoms with Gasteiger partial charge in [-0.05, 0) is 39.7 Å². The average Bonchev–Trinajstić information content (AvgIpc) is 2.48. The molecule has 2 unspecified atom stereocenters. The number of benzene rings is 1. The van der Waals surface area contributed by atoms with Gasteiger partial charge in [0, 0.05) is 6.21 Å². The third-order valence-electron chi connectivity index (χ3n) is 4.62. The molecule has 140 valence electrons. The molecule has 0 fully saturated rings. The largest absolute Gasteiger partial charge is 0.507 e. The van der Waals surface area contributed by atoms with E-state index in [1.807, 2.05) is 41.5 Å². The summed E-state index contributed by atoms with van der Waals surface area (Å²) in [7, 11) is 0. The molecule has 1 aromatic carbocycles. The van der Waals surface area contributed by atoms with Crippen molar-refractivity contribution >= 4 is 17.9 Å². The topological polar surface area (TPSA) is 93.7 Å². The lowest BCUT2D eigenvalue weighted by Crippen LogP contribution is -2.32. The summed E-state index contributed by atoms with van der Waals surface area (Å²) in [5.74, 6) is -1.80. The Morgan fingerprint density at radius 1 is 1.12 bits per heavy atom. The van der Waals surface area contributed by atoms with E-state index in [4.69, 9.17) is 5.41 Å². The van der Waals surface area contributed by atoms with Crippen molar-refractivity contribution in [2.75, 3.05) is 0 Å². The van der Waals surface area contributed by atoms with Crippen molar-refractivity contribution in [1.29, 1.82) is 5.41 Å². The highest BCUT2D eigenvalue weighted by Gasteiger charge is 2.35. The lowest BCUT2D eigenvalue weighted by molar-refractivity contribution is -0.138. The van der Waals surface area contributed by atoms with Crippen LogP contribution in [-0.2, 0) is 15.6 Å². The number of allylic oxidation sites excluding steroid dienone is 1. The number of nitrogens with zero attached hydrogens (tertiary/aromatic N) is 1. The molecule has 1 aromatic rings. The summed E-state index contributed by atoms with van der Waals surface area (Å²) < 4.78 is 0. The van der Waals surface area contributed by atoms with Gasteiger partial charge in [0.2, 0.25) is 0 Å². The van der Waals surface area contributed by atoms with Crippen LogP contribution in [-0.4, -0.2) is 34.2 Å². The maximum atomic E-state index is 12.1. The smallest absolute Gasteiger partial charge is 0.313 e. The van der Waals surface area contributed by atoms with Gasteiger partial charge >= 0.3 is 5.97 Å². The third kappa shape index (κ3) is 3.87. The maximum Gasteiger partial charge on any atom is 0.313 e. The fraction of sp³-hybridized carbons (Fsp3) is 0.476. The van der Waals surface area contributed by atoms with Gasteiger partial charge in [0.1, 0.15) is 17.7 Å². The number of carboxylic acid groups (broad SMARTS) is 1. The van der Waals surface area contributed by atoms with Crippen LogP contribution in [0.5, 0.6) is 5.75 Å². The van der Waals surface area contributed by atoms with E-state index in [0.29, 0.717) is 16.7 Å². The Hall–Kier alpha value is -2.43. The van der Waals surface area contributed by atoms with Crippen molar-refractivity contribution in [2.24, 2.45) is 4.99 Å². The molecule has 1 aliphatic heterocycles. The molecular formula is C21H28N2O3. The number of hydrogen-bond acceptors (Lipinski definition) is 4. The lowest BCUT2D eigenvalue weighted by Gasteiger charge is -2.30. The number of carboxylic acids is 1. The van der Waals surface area contributed by atoms with E-state index >= 15 is 0 Å². The van der Waals surface area contributed by atoms with Crippen molar-refractivity contribution in [3.63, 3.8) is 0 Å². The molecule has 0 aromatic heterocycles. The van der Waals surface area contributed by atoms with Crippen molar-refractivity contribution < 1.29 is 15.0 Å². The fourth-order valence-corrected chi connectivity index (χ4v) is 3.17. The summed E-state index contributed by atoms with van der Waals surface area (Å²) in [5, 5.41) is 28.8. The van der Waals surface area contributed by atoms with Gasteiger partial charge in [-0.15, -0.1) is 0 Å². The first kappa shape index (κ1) is 19.9. The first-order valence-electron chi connectivity index (χ1n) is 8.73. The highest BCUT2D eigenvalue weighted by molar-refractivity contribution is 6.05. The minimum absolute atomic E-state index is 0.169. The van der Waals surface area contributed by atoms with Crippen LogP contribution in [0.4, 0.5) is 0 Å². The molecule has 0 bridgehead atoms. The van der Waals surface area contributed by atoms with Gasteiger partial charge in [0.15, 0.2) is 0 Å². The molecule has 26 heavy (non-hydrogen) atoms. The van der Waals surface area contributed by atoms with Crippen LogP contribution in [0.2, 0.25) is 0 Å². The SMILES string of the molecule is CC(C)(C)c1cc(C(C(=O)O)C2N=CC=CC2=N)cc(C(C)(C)C)c1O. The Bertz CT molecular complexity index is 757. The molecule has 1 aliphatic rings. The molecule has 5 heteroatoms. The lowest BCUT2D eigenvalue weighted by atomic mass is 9.76. The van der Waals surface area contributed by atoms with Gasteiger partial charge < -0.3 is 15.6 Å². The Morgan fingerprint density at radius 3 is 2.00 bits per heavy atom. The Morgan fingerprint density at radius 2 is 1.62 bits per heavy atom. The highest BCUT2D eigenvalue weighted by atomic mass is 16.4. The fourth-order valence-electron chi connectivity index (χ4n) is 3.17. The number of carbonyl (C=O) groups is 1. The molecule has 1 heterocycles. The van der Waals surface area contributed by atoms with Gasteiger partial charge in [-0.25, -0.2) is 0 Å². The first-order chi connectivity index (χ1) is 11.8. The van der Waals surface area contributed by atoms with Crippen LogP contribution in [0.1, 0.15) is 64.2 Å². The van der Waals surface area contributed by atoms with Crippen LogP contribution in [0.15, 0.2) is 29.3 Å². The molecule has 2 atom stereocenters. The number of nitrogens with one attached hydrogen (secondary N) is 1. The zero-order valence-corrected chi connectivity index (χ0v) is 16.3. The minimum atomic E-state index is -1.03. The van der Waals surface area contributed by atoms with Gasteiger partial charge in [-0.2, -0.15) is 0 Å². The molecule has 0 saturated carbocycles. The second-order valence-corrected chi connectivity index (χ2v) is 8.84. The predicted octanol–water partition coefficient (Wildman–Crippen LogP) is 4.18. The number of rotatable bonds is 3. The van der Waals surface area contributed by atoms with E-state index in [-0.39, 0.29) is 22.3 Å². The maximum absolute atomic E-state index is 12.1.